The predicted molar refractivity (Wildman–Crippen MR) is 119 cm³/mol. The number of carboxylic acid groups (broad SMARTS) is 1. The first kappa shape index (κ1) is 29.9. The Morgan fingerprint density at radius 2 is 1.40 bits per heavy atom. The van der Waals surface area contributed by atoms with Crippen molar-refractivity contribution in [3.63, 3.8) is 0 Å². The number of carbonyl (C=O) groups is 1. The molecule has 1 aliphatic heterocycles. The molecule has 170 valence electrons. The molecule has 0 N–H and O–H groups in total. The van der Waals surface area contributed by atoms with Crippen LogP contribution in [0.5, 0.6) is 0 Å². The standard InChI is InChI=1S/C24H46N2O3.Na/c1-2-3-4-5-6-7-8-9-10-11-12-13-14-15-16-17-23-25-18-19-26(23)20-21-29-22-24(27)28;/h2-22H2,1H3,(H,27,28);/q;+1/p-1. The molecule has 0 spiro atoms. The van der Waals surface area contributed by atoms with Crippen LogP contribution < -0.4 is 34.7 Å². The normalized spacial score (nSPS) is 13.4. The topological polar surface area (TPSA) is 65.0 Å². The molecule has 0 saturated carbocycles. The SMILES string of the molecule is CCCCCCCCCCCCCCCCCC1=NCCN1CCOCC(=O)[O-].[Na+]. The van der Waals surface area contributed by atoms with E-state index in [1.54, 1.807) is 0 Å². The molecular formula is C24H45N2NaO3. The van der Waals surface area contributed by atoms with Gasteiger partial charge in [0.05, 0.1) is 31.6 Å². The van der Waals surface area contributed by atoms with Gasteiger partial charge in [0.25, 0.3) is 0 Å². The first-order valence-corrected chi connectivity index (χ1v) is 12.3. The van der Waals surface area contributed by atoms with Crippen molar-refractivity contribution < 1.29 is 44.2 Å². The number of hydrogen-bond donors (Lipinski definition) is 0. The van der Waals surface area contributed by atoms with Crippen molar-refractivity contribution >= 4 is 11.8 Å². The molecule has 1 rings (SSSR count). The van der Waals surface area contributed by atoms with Crippen LogP contribution in [0.25, 0.3) is 0 Å². The van der Waals surface area contributed by atoms with Crippen LogP contribution in [0.15, 0.2) is 4.99 Å². The summed E-state index contributed by atoms with van der Waals surface area (Å²) in [6, 6.07) is 0. The Hall–Kier alpha value is -0.100. The Labute approximate surface area is 207 Å². The Bertz CT molecular complexity index is 433. The van der Waals surface area contributed by atoms with E-state index < -0.39 is 5.97 Å². The fourth-order valence-electron chi connectivity index (χ4n) is 3.99. The van der Waals surface area contributed by atoms with Gasteiger partial charge < -0.3 is 19.5 Å². The Morgan fingerprint density at radius 3 is 1.90 bits per heavy atom. The van der Waals surface area contributed by atoms with Gasteiger partial charge in [0.1, 0.15) is 0 Å². The fraction of sp³-hybridized carbons (Fsp3) is 0.917. The number of hydrogen-bond acceptors (Lipinski definition) is 5. The third-order valence-electron chi connectivity index (χ3n) is 5.76. The Morgan fingerprint density at radius 1 is 0.900 bits per heavy atom. The molecular weight excluding hydrogens is 387 g/mol. The number of carboxylic acids is 1. The van der Waals surface area contributed by atoms with E-state index >= 15 is 0 Å². The van der Waals surface area contributed by atoms with Gasteiger partial charge in [0.15, 0.2) is 0 Å². The van der Waals surface area contributed by atoms with Crippen molar-refractivity contribution in [2.24, 2.45) is 4.99 Å². The van der Waals surface area contributed by atoms with Crippen LogP contribution in [-0.4, -0.2) is 49.6 Å². The summed E-state index contributed by atoms with van der Waals surface area (Å²) in [7, 11) is 0. The smallest absolute Gasteiger partial charge is 0.548 e. The predicted octanol–water partition coefficient (Wildman–Crippen LogP) is 1.73. The number of rotatable bonds is 21. The summed E-state index contributed by atoms with van der Waals surface area (Å²) >= 11 is 0. The molecule has 0 unspecified atom stereocenters. The van der Waals surface area contributed by atoms with E-state index in [1.807, 2.05) is 0 Å². The molecule has 1 heterocycles. The van der Waals surface area contributed by atoms with Crippen LogP contribution in [0.1, 0.15) is 110 Å². The van der Waals surface area contributed by atoms with Crippen LogP contribution >= 0.6 is 0 Å². The number of nitrogens with zero attached hydrogens (tertiary/aromatic N) is 2. The summed E-state index contributed by atoms with van der Waals surface area (Å²) in [6.45, 7) is 4.90. The minimum absolute atomic E-state index is 0. The first-order chi connectivity index (χ1) is 14.2. The van der Waals surface area contributed by atoms with Gasteiger partial charge in [-0.25, -0.2) is 0 Å². The maximum absolute atomic E-state index is 10.4. The maximum atomic E-state index is 10.4. The molecule has 1 aliphatic rings. The van der Waals surface area contributed by atoms with Gasteiger partial charge in [-0.3, -0.25) is 4.99 Å². The van der Waals surface area contributed by atoms with E-state index in [2.05, 4.69) is 16.8 Å². The minimum atomic E-state index is -1.15. The molecule has 0 bridgehead atoms. The summed E-state index contributed by atoms with van der Waals surface area (Å²) in [5, 5.41) is 10.4. The molecule has 0 radical (unpaired) electrons. The summed E-state index contributed by atoms with van der Waals surface area (Å²) in [4.78, 5) is 17.2. The second kappa shape index (κ2) is 22.1. The van der Waals surface area contributed by atoms with E-state index in [0.717, 1.165) is 26.1 Å². The van der Waals surface area contributed by atoms with Gasteiger partial charge in [-0.1, -0.05) is 96.8 Å². The number of carbonyl (C=O) groups excluding carboxylic acids is 1. The molecule has 6 heteroatoms. The largest absolute Gasteiger partial charge is 1.00 e. The third kappa shape index (κ3) is 17.6. The van der Waals surface area contributed by atoms with E-state index in [1.165, 1.54) is 102 Å². The molecule has 30 heavy (non-hydrogen) atoms. The summed E-state index contributed by atoms with van der Waals surface area (Å²) in [6.07, 6.45) is 21.8. The number of ether oxygens (including phenoxy) is 1. The van der Waals surface area contributed by atoms with Gasteiger partial charge in [0, 0.05) is 19.5 Å². The van der Waals surface area contributed by atoms with E-state index in [0.29, 0.717) is 6.61 Å². The van der Waals surface area contributed by atoms with Crippen LogP contribution in [0.2, 0.25) is 0 Å². The zero-order valence-corrected chi connectivity index (χ0v) is 22.0. The number of aliphatic imine (C=N–C) groups is 1. The van der Waals surface area contributed by atoms with Gasteiger partial charge in [0.2, 0.25) is 0 Å². The molecule has 0 aromatic rings. The molecule has 0 aromatic heterocycles. The molecule has 0 amide bonds. The van der Waals surface area contributed by atoms with Gasteiger partial charge in [-0.2, -0.15) is 0 Å². The van der Waals surface area contributed by atoms with Crippen molar-refractivity contribution in [2.45, 2.75) is 110 Å². The summed E-state index contributed by atoms with van der Waals surface area (Å²) in [5.41, 5.74) is 0. The van der Waals surface area contributed by atoms with Crippen LogP contribution in [0, 0.1) is 0 Å². The molecule has 0 fully saturated rings. The van der Waals surface area contributed by atoms with E-state index in [4.69, 9.17) is 4.74 Å². The zero-order chi connectivity index (χ0) is 21.0. The molecule has 0 saturated heterocycles. The minimum Gasteiger partial charge on any atom is -0.548 e. The van der Waals surface area contributed by atoms with E-state index in [9.17, 15) is 9.90 Å². The summed E-state index contributed by atoms with van der Waals surface area (Å²) in [5.74, 6) is 0.0230. The van der Waals surface area contributed by atoms with Crippen LogP contribution in [-0.2, 0) is 9.53 Å². The maximum Gasteiger partial charge on any atom is 1.00 e. The van der Waals surface area contributed by atoms with Crippen LogP contribution in [0.4, 0.5) is 0 Å². The second-order valence-electron chi connectivity index (χ2n) is 8.41. The Kier molecular flexibility index (Phi) is 22.0. The quantitative estimate of drug-likeness (QED) is 0.205. The number of amidine groups is 1. The molecule has 0 atom stereocenters. The number of aliphatic carboxylic acids is 1. The molecule has 0 aliphatic carbocycles. The zero-order valence-electron chi connectivity index (χ0n) is 20.0. The molecule has 0 aromatic carbocycles. The van der Waals surface area contributed by atoms with Crippen LogP contribution in [0.3, 0.4) is 0 Å². The van der Waals surface area contributed by atoms with Gasteiger partial charge in [-0.15, -0.1) is 0 Å². The summed E-state index contributed by atoms with van der Waals surface area (Å²) < 4.78 is 5.08. The van der Waals surface area contributed by atoms with Crippen molar-refractivity contribution in [1.29, 1.82) is 0 Å². The van der Waals surface area contributed by atoms with Crippen molar-refractivity contribution in [1.82, 2.24) is 4.90 Å². The van der Waals surface area contributed by atoms with Gasteiger partial charge >= 0.3 is 29.6 Å². The first-order valence-electron chi connectivity index (χ1n) is 12.3. The third-order valence-corrected chi connectivity index (χ3v) is 5.76. The monoisotopic (exact) mass is 432 g/mol. The molecule has 5 nitrogen and oxygen atoms in total. The average molecular weight is 433 g/mol. The average Bonchev–Trinajstić information content (AvgIpc) is 3.15. The second-order valence-corrected chi connectivity index (χ2v) is 8.41. The van der Waals surface area contributed by atoms with E-state index in [-0.39, 0.29) is 36.2 Å². The van der Waals surface area contributed by atoms with Crippen molar-refractivity contribution in [2.75, 3.05) is 32.8 Å². The van der Waals surface area contributed by atoms with Crippen molar-refractivity contribution in [3.8, 4) is 0 Å². The number of unbranched alkanes of at least 4 members (excludes halogenated alkanes) is 14. The van der Waals surface area contributed by atoms with Crippen molar-refractivity contribution in [3.05, 3.63) is 0 Å². The van der Waals surface area contributed by atoms with Gasteiger partial charge in [-0.05, 0) is 6.42 Å². The fourth-order valence-corrected chi connectivity index (χ4v) is 3.99. The Balaban J connectivity index is 0.00000841.